The highest BCUT2D eigenvalue weighted by atomic mass is 16.5. The summed E-state index contributed by atoms with van der Waals surface area (Å²) in [5.41, 5.74) is 2.56. The van der Waals surface area contributed by atoms with E-state index in [9.17, 15) is 4.79 Å². The van der Waals surface area contributed by atoms with Crippen LogP contribution in [0.1, 0.15) is 43.9 Å². The number of nitrogens with zero attached hydrogens (tertiary/aromatic N) is 3. The summed E-state index contributed by atoms with van der Waals surface area (Å²) in [7, 11) is 0. The molecule has 0 saturated carbocycles. The highest BCUT2D eigenvalue weighted by molar-refractivity contribution is 5.67. The molecule has 1 amide bonds. The van der Waals surface area contributed by atoms with E-state index in [2.05, 4.69) is 20.2 Å². The third-order valence-corrected chi connectivity index (χ3v) is 4.49. The van der Waals surface area contributed by atoms with Gasteiger partial charge in [0.1, 0.15) is 12.1 Å². The zero-order valence-corrected chi connectivity index (χ0v) is 13.2. The molecule has 0 bridgehead atoms. The van der Waals surface area contributed by atoms with Gasteiger partial charge in [0.2, 0.25) is 0 Å². The minimum atomic E-state index is -0.305. The van der Waals surface area contributed by atoms with Gasteiger partial charge in [-0.05, 0) is 45.4 Å². The number of nitrogens with one attached hydrogen (secondary N) is 1. The molecule has 22 heavy (non-hydrogen) atoms. The molecule has 0 radical (unpaired) electrons. The van der Waals surface area contributed by atoms with Crippen LogP contribution in [0.4, 0.5) is 10.6 Å². The molecule has 0 spiro atoms. The van der Waals surface area contributed by atoms with E-state index in [-0.39, 0.29) is 12.1 Å². The number of rotatable bonds is 3. The standard InChI is InChI=1S/C16H24N4O2/c1-2-22-16(21)19-12-7-9-20(10-8-12)15-13-5-3-4-6-14(13)17-11-18-15/h11-12H,2-10H2,1H3,(H,19,21). The van der Waals surface area contributed by atoms with E-state index in [1.54, 1.807) is 6.33 Å². The molecule has 1 N–H and O–H groups in total. The van der Waals surface area contributed by atoms with E-state index >= 15 is 0 Å². The van der Waals surface area contributed by atoms with Crippen molar-refractivity contribution in [3.05, 3.63) is 17.6 Å². The number of hydrogen-bond donors (Lipinski definition) is 1. The summed E-state index contributed by atoms with van der Waals surface area (Å²) in [5.74, 6) is 1.11. The lowest BCUT2D eigenvalue weighted by atomic mass is 9.95. The van der Waals surface area contributed by atoms with Crippen molar-refractivity contribution < 1.29 is 9.53 Å². The monoisotopic (exact) mass is 304 g/mol. The summed E-state index contributed by atoms with van der Waals surface area (Å²) in [4.78, 5) is 22.8. The lowest BCUT2D eigenvalue weighted by Crippen LogP contribution is -2.45. The number of anilines is 1. The van der Waals surface area contributed by atoms with Crippen molar-refractivity contribution in [2.24, 2.45) is 0 Å². The molecule has 6 nitrogen and oxygen atoms in total. The Bertz CT molecular complexity index is 527. The van der Waals surface area contributed by atoms with E-state index in [0.717, 1.165) is 44.6 Å². The number of alkyl carbamates (subject to hydrolysis) is 1. The Labute approximate surface area is 131 Å². The van der Waals surface area contributed by atoms with Crippen LogP contribution in [0.3, 0.4) is 0 Å². The molecule has 0 atom stereocenters. The average Bonchev–Trinajstić information content (AvgIpc) is 2.55. The van der Waals surface area contributed by atoms with Crippen LogP contribution in [0, 0.1) is 0 Å². The van der Waals surface area contributed by atoms with E-state index in [0.29, 0.717) is 6.61 Å². The van der Waals surface area contributed by atoms with E-state index in [1.165, 1.54) is 24.1 Å². The highest BCUT2D eigenvalue weighted by Crippen LogP contribution is 2.28. The molecule has 1 aromatic rings. The van der Waals surface area contributed by atoms with Crippen LogP contribution >= 0.6 is 0 Å². The number of carbonyl (C=O) groups excluding carboxylic acids is 1. The SMILES string of the molecule is CCOC(=O)NC1CCN(c2ncnc3c2CCCC3)CC1. The average molecular weight is 304 g/mol. The van der Waals surface area contributed by atoms with Gasteiger partial charge in [0, 0.05) is 30.4 Å². The van der Waals surface area contributed by atoms with Crippen LogP contribution in [-0.4, -0.2) is 41.8 Å². The summed E-state index contributed by atoms with van der Waals surface area (Å²) >= 11 is 0. The van der Waals surface area contributed by atoms with Crippen LogP contribution in [-0.2, 0) is 17.6 Å². The van der Waals surface area contributed by atoms with Crippen LogP contribution in [0.15, 0.2) is 6.33 Å². The van der Waals surface area contributed by atoms with Crippen LogP contribution in [0.25, 0.3) is 0 Å². The zero-order valence-electron chi connectivity index (χ0n) is 13.2. The first kappa shape index (κ1) is 15.1. The molecule has 1 fully saturated rings. The van der Waals surface area contributed by atoms with Crippen molar-refractivity contribution in [1.82, 2.24) is 15.3 Å². The molecule has 2 aliphatic rings. The molecule has 120 valence electrons. The second-order valence-corrected chi connectivity index (χ2v) is 5.96. The third kappa shape index (κ3) is 3.31. The third-order valence-electron chi connectivity index (χ3n) is 4.49. The number of aromatic nitrogens is 2. The topological polar surface area (TPSA) is 67.3 Å². The van der Waals surface area contributed by atoms with Crippen molar-refractivity contribution in [1.29, 1.82) is 0 Å². The molecule has 0 aromatic carbocycles. The second kappa shape index (κ2) is 6.94. The van der Waals surface area contributed by atoms with Gasteiger partial charge in [0.25, 0.3) is 0 Å². The van der Waals surface area contributed by atoms with Crippen molar-refractivity contribution >= 4 is 11.9 Å². The maximum atomic E-state index is 11.5. The van der Waals surface area contributed by atoms with Gasteiger partial charge in [0.05, 0.1) is 6.61 Å². The van der Waals surface area contributed by atoms with Gasteiger partial charge in [-0.25, -0.2) is 14.8 Å². The molecule has 1 aliphatic carbocycles. The minimum absolute atomic E-state index is 0.202. The summed E-state index contributed by atoms with van der Waals surface area (Å²) < 4.78 is 4.95. The van der Waals surface area contributed by atoms with E-state index < -0.39 is 0 Å². The predicted octanol–water partition coefficient (Wildman–Crippen LogP) is 2.07. The quantitative estimate of drug-likeness (QED) is 0.926. The van der Waals surface area contributed by atoms with Crippen LogP contribution in [0.2, 0.25) is 0 Å². The van der Waals surface area contributed by atoms with Crippen molar-refractivity contribution in [3.63, 3.8) is 0 Å². The van der Waals surface area contributed by atoms with Gasteiger partial charge < -0.3 is 15.0 Å². The maximum absolute atomic E-state index is 11.5. The fourth-order valence-electron chi connectivity index (χ4n) is 3.35. The molecule has 1 saturated heterocycles. The number of carbonyl (C=O) groups is 1. The number of piperidine rings is 1. The number of amides is 1. The molecule has 6 heteroatoms. The van der Waals surface area contributed by atoms with Crippen molar-refractivity contribution in [2.45, 2.75) is 51.5 Å². The molecule has 2 heterocycles. The summed E-state index contributed by atoms with van der Waals surface area (Å²) in [6.45, 7) is 4.07. The minimum Gasteiger partial charge on any atom is -0.450 e. The van der Waals surface area contributed by atoms with E-state index in [1.807, 2.05) is 6.92 Å². The van der Waals surface area contributed by atoms with Crippen molar-refractivity contribution in [3.8, 4) is 0 Å². The Balaban J connectivity index is 1.61. The zero-order chi connectivity index (χ0) is 15.4. The predicted molar refractivity (Wildman–Crippen MR) is 84.1 cm³/mol. The number of aryl methyl sites for hydroxylation is 1. The Morgan fingerprint density at radius 1 is 1.32 bits per heavy atom. The van der Waals surface area contributed by atoms with Gasteiger partial charge in [-0.1, -0.05) is 0 Å². The lowest BCUT2D eigenvalue weighted by Gasteiger charge is -2.34. The summed E-state index contributed by atoms with van der Waals surface area (Å²) in [6, 6.07) is 0.202. The Morgan fingerprint density at radius 3 is 2.86 bits per heavy atom. The number of fused-ring (bicyclic) bond motifs is 1. The van der Waals surface area contributed by atoms with Gasteiger partial charge in [0.15, 0.2) is 0 Å². The summed E-state index contributed by atoms with van der Waals surface area (Å²) in [5, 5.41) is 2.93. The Kier molecular flexibility index (Phi) is 4.75. The lowest BCUT2D eigenvalue weighted by molar-refractivity contribution is 0.146. The number of ether oxygens (including phenoxy) is 1. The van der Waals surface area contributed by atoms with E-state index in [4.69, 9.17) is 4.74 Å². The Morgan fingerprint density at radius 2 is 2.09 bits per heavy atom. The summed E-state index contributed by atoms with van der Waals surface area (Å²) in [6.07, 6.45) is 7.87. The number of hydrogen-bond acceptors (Lipinski definition) is 5. The first-order chi connectivity index (χ1) is 10.8. The molecule has 1 aliphatic heterocycles. The fraction of sp³-hybridized carbons (Fsp3) is 0.688. The first-order valence-electron chi connectivity index (χ1n) is 8.29. The van der Waals surface area contributed by atoms with Gasteiger partial charge in [-0.3, -0.25) is 0 Å². The van der Waals surface area contributed by atoms with Crippen LogP contribution < -0.4 is 10.2 Å². The fourth-order valence-corrected chi connectivity index (χ4v) is 3.35. The molecular formula is C16H24N4O2. The molecule has 3 rings (SSSR count). The van der Waals surface area contributed by atoms with Gasteiger partial charge in [-0.15, -0.1) is 0 Å². The highest BCUT2D eigenvalue weighted by Gasteiger charge is 2.25. The van der Waals surface area contributed by atoms with Gasteiger partial charge >= 0.3 is 6.09 Å². The molecule has 0 unspecified atom stereocenters. The smallest absolute Gasteiger partial charge is 0.407 e. The Hall–Kier alpha value is -1.85. The molecule has 1 aromatic heterocycles. The molecular weight excluding hydrogens is 280 g/mol. The van der Waals surface area contributed by atoms with Crippen molar-refractivity contribution in [2.75, 3.05) is 24.6 Å². The second-order valence-electron chi connectivity index (χ2n) is 5.96. The normalized spacial score (nSPS) is 18.7. The van der Waals surface area contributed by atoms with Gasteiger partial charge in [-0.2, -0.15) is 0 Å². The first-order valence-corrected chi connectivity index (χ1v) is 8.29. The maximum Gasteiger partial charge on any atom is 0.407 e. The largest absolute Gasteiger partial charge is 0.450 e. The van der Waals surface area contributed by atoms with Crippen LogP contribution in [0.5, 0.6) is 0 Å².